The van der Waals surface area contributed by atoms with Gasteiger partial charge < -0.3 is 5.11 Å². The third-order valence-corrected chi connectivity index (χ3v) is 1.86. The van der Waals surface area contributed by atoms with Crippen LogP contribution in [0.1, 0.15) is 0 Å². The van der Waals surface area contributed by atoms with Gasteiger partial charge in [0.2, 0.25) is 5.91 Å². The van der Waals surface area contributed by atoms with Crippen LogP contribution in [0.25, 0.3) is 0 Å². The van der Waals surface area contributed by atoms with E-state index in [9.17, 15) is 19.5 Å². The number of imide groups is 1. The van der Waals surface area contributed by atoms with Gasteiger partial charge in [-0.1, -0.05) is 0 Å². The van der Waals surface area contributed by atoms with Crippen LogP contribution in [0.2, 0.25) is 0 Å². The highest BCUT2D eigenvalue weighted by Crippen LogP contribution is 2.22. The van der Waals surface area contributed by atoms with Crippen LogP contribution in [0, 0.1) is 5.92 Å². The van der Waals surface area contributed by atoms with Gasteiger partial charge in [0, 0.05) is 6.21 Å². The predicted octanol–water partition coefficient (Wildman–Crippen LogP) is -1.32. The first-order valence-electron chi connectivity index (χ1n) is 3.47. The topological polar surface area (TPSA) is 95.8 Å². The van der Waals surface area contributed by atoms with Gasteiger partial charge in [-0.15, -0.1) is 0 Å². The molecule has 66 valence electrons. The van der Waals surface area contributed by atoms with Gasteiger partial charge in [-0.25, -0.2) is 4.99 Å². The van der Waals surface area contributed by atoms with Crippen LogP contribution in [0.5, 0.6) is 0 Å². The molecule has 0 aromatic rings. The zero-order valence-corrected chi connectivity index (χ0v) is 6.27. The molecule has 0 aliphatic carbocycles. The minimum atomic E-state index is -1.34. The Balaban J connectivity index is 2.60. The number of aliphatic hydroxyl groups excluding tert-OH is 1. The van der Waals surface area contributed by atoms with Gasteiger partial charge in [0.05, 0.1) is 5.57 Å². The van der Waals surface area contributed by atoms with E-state index in [0.29, 0.717) is 0 Å². The monoisotopic (exact) mass is 180 g/mol. The van der Waals surface area contributed by atoms with Crippen LogP contribution in [0.4, 0.5) is 0 Å². The lowest BCUT2D eigenvalue weighted by Gasteiger charge is -2.22. The molecule has 6 heteroatoms. The molecule has 2 heterocycles. The Morgan fingerprint density at radius 3 is 2.77 bits per heavy atom. The number of dihydropyridines is 1. The zero-order valence-electron chi connectivity index (χ0n) is 6.27. The van der Waals surface area contributed by atoms with Gasteiger partial charge in [0.15, 0.2) is 5.92 Å². The summed E-state index contributed by atoms with van der Waals surface area (Å²) in [5, 5.41) is 11.2. The molecule has 0 aromatic heterocycles. The maximum Gasteiger partial charge on any atom is 0.266 e. The third kappa shape index (κ3) is 0.883. The molecular weight excluding hydrogens is 176 g/mol. The number of carbonyl (C=O) groups is 3. The minimum absolute atomic E-state index is 0.121. The number of fused-ring (bicyclic) bond motifs is 1. The van der Waals surface area contributed by atoms with Crippen molar-refractivity contribution in [1.82, 2.24) is 5.32 Å². The summed E-state index contributed by atoms with van der Waals surface area (Å²) in [6.45, 7) is 0. The van der Waals surface area contributed by atoms with Crippen molar-refractivity contribution in [2.75, 3.05) is 0 Å². The predicted molar refractivity (Wildman–Crippen MR) is 39.8 cm³/mol. The van der Waals surface area contributed by atoms with Crippen molar-refractivity contribution >= 4 is 23.9 Å². The summed E-state index contributed by atoms with van der Waals surface area (Å²) in [5.74, 6) is -4.15. The van der Waals surface area contributed by atoms with Crippen LogP contribution in [-0.2, 0) is 14.4 Å². The fraction of sp³-hybridized carbons (Fsp3) is 0.143. The van der Waals surface area contributed by atoms with E-state index >= 15 is 0 Å². The lowest BCUT2D eigenvalue weighted by Crippen LogP contribution is -2.47. The largest absolute Gasteiger partial charge is 0.510 e. The van der Waals surface area contributed by atoms with Gasteiger partial charge in [-0.05, 0) is 0 Å². The molecule has 1 atom stereocenters. The number of amides is 3. The highest BCUT2D eigenvalue weighted by molar-refractivity contribution is 6.27. The second-order valence-electron chi connectivity index (χ2n) is 2.65. The first-order valence-corrected chi connectivity index (χ1v) is 3.47. The lowest BCUT2D eigenvalue weighted by atomic mass is 9.95. The molecule has 2 bridgehead atoms. The van der Waals surface area contributed by atoms with Crippen molar-refractivity contribution in [2.24, 2.45) is 10.9 Å². The van der Waals surface area contributed by atoms with Crippen molar-refractivity contribution in [2.45, 2.75) is 0 Å². The lowest BCUT2D eigenvalue weighted by molar-refractivity contribution is -0.137. The van der Waals surface area contributed by atoms with Crippen molar-refractivity contribution in [3.63, 3.8) is 0 Å². The molecule has 0 spiro atoms. The molecular formula is C7H4N2O4. The van der Waals surface area contributed by atoms with Crippen LogP contribution < -0.4 is 5.32 Å². The third-order valence-electron chi connectivity index (χ3n) is 1.86. The van der Waals surface area contributed by atoms with Crippen LogP contribution in [0.15, 0.2) is 16.3 Å². The Kier molecular flexibility index (Phi) is 1.33. The van der Waals surface area contributed by atoms with Crippen LogP contribution in [-0.4, -0.2) is 29.0 Å². The van der Waals surface area contributed by atoms with E-state index in [1.807, 2.05) is 5.32 Å². The first-order chi connectivity index (χ1) is 6.11. The van der Waals surface area contributed by atoms with E-state index in [-0.39, 0.29) is 5.57 Å². The van der Waals surface area contributed by atoms with E-state index in [4.69, 9.17) is 0 Å². The van der Waals surface area contributed by atoms with Crippen LogP contribution in [0.3, 0.4) is 0 Å². The molecule has 0 saturated heterocycles. The fourth-order valence-electron chi connectivity index (χ4n) is 1.20. The van der Waals surface area contributed by atoms with E-state index in [1.54, 1.807) is 0 Å². The first kappa shape index (κ1) is 7.66. The second-order valence-corrected chi connectivity index (χ2v) is 2.65. The fourth-order valence-corrected chi connectivity index (χ4v) is 1.20. The molecule has 2 aliphatic heterocycles. The smallest absolute Gasteiger partial charge is 0.266 e. The second kappa shape index (κ2) is 2.25. The molecule has 0 radical (unpaired) electrons. The van der Waals surface area contributed by atoms with Crippen molar-refractivity contribution in [3.8, 4) is 0 Å². The molecule has 1 unspecified atom stereocenters. The van der Waals surface area contributed by atoms with E-state index in [1.165, 1.54) is 0 Å². The summed E-state index contributed by atoms with van der Waals surface area (Å²) in [4.78, 5) is 36.3. The zero-order chi connectivity index (χ0) is 9.59. The number of hydrogen-bond acceptors (Lipinski definition) is 4. The highest BCUT2D eigenvalue weighted by atomic mass is 16.3. The summed E-state index contributed by atoms with van der Waals surface area (Å²) >= 11 is 0. The maximum absolute atomic E-state index is 11.0. The Bertz CT molecular complexity index is 393. The van der Waals surface area contributed by atoms with Gasteiger partial charge in [-0.2, -0.15) is 0 Å². The number of nitrogens with zero attached hydrogens (tertiary/aromatic N) is 1. The van der Waals surface area contributed by atoms with Gasteiger partial charge in [0.25, 0.3) is 11.8 Å². The Labute approximate surface area is 72.0 Å². The van der Waals surface area contributed by atoms with Crippen molar-refractivity contribution < 1.29 is 19.5 Å². The molecule has 3 amide bonds. The van der Waals surface area contributed by atoms with E-state index in [0.717, 1.165) is 6.21 Å². The average Bonchev–Trinajstić information content (AvgIpc) is 2.01. The Morgan fingerprint density at radius 1 is 1.38 bits per heavy atom. The SMILES string of the molecule is O=C1NC(=O)C2C(=O)N=CC1=C2O. The Hall–Kier alpha value is -1.98. The molecule has 2 aliphatic rings. The average molecular weight is 180 g/mol. The van der Waals surface area contributed by atoms with Crippen LogP contribution >= 0.6 is 0 Å². The van der Waals surface area contributed by atoms with Gasteiger partial charge in [0.1, 0.15) is 5.76 Å². The summed E-state index contributed by atoms with van der Waals surface area (Å²) in [5.41, 5.74) is -0.121. The normalized spacial score (nSPS) is 26.5. The maximum atomic E-state index is 11.0. The summed E-state index contributed by atoms with van der Waals surface area (Å²) in [7, 11) is 0. The Morgan fingerprint density at radius 2 is 2.08 bits per heavy atom. The summed E-state index contributed by atoms with van der Waals surface area (Å²) < 4.78 is 0. The highest BCUT2D eigenvalue weighted by Gasteiger charge is 2.41. The van der Waals surface area contributed by atoms with E-state index in [2.05, 4.69) is 4.99 Å². The van der Waals surface area contributed by atoms with Crippen molar-refractivity contribution in [3.05, 3.63) is 11.3 Å². The number of nitrogens with one attached hydrogen (secondary N) is 1. The molecule has 0 aromatic carbocycles. The standard InChI is InChI=1S/C7H4N2O4/c10-4-2-1-8-6(12)3(4)7(13)9-5(2)11/h1,3,10H,(H,9,11,13). The molecule has 2 rings (SSSR count). The summed E-state index contributed by atoms with van der Waals surface area (Å²) in [6.07, 6.45) is 0.954. The molecule has 0 saturated carbocycles. The van der Waals surface area contributed by atoms with Gasteiger partial charge >= 0.3 is 0 Å². The molecule has 13 heavy (non-hydrogen) atoms. The number of carbonyl (C=O) groups excluding carboxylic acids is 3. The quantitative estimate of drug-likeness (QED) is 0.357. The minimum Gasteiger partial charge on any atom is -0.510 e. The van der Waals surface area contributed by atoms with E-state index < -0.39 is 29.4 Å². The van der Waals surface area contributed by atoms with Crippen molar-refractivity contribution in [1.29, 1.82) is 0 Å². The molecule has 6 nitrogen and oxygen atoms in total. The molecule has 0 fully saturated rings. The molecule has 2 N–H and O–H groups in total. The van der Waals surface area contributed by atoms with Gasteiger partial charge in [-0.3, -0.25) is 19.7 Å². The number of aliphatic imine (C=N–C) groups is 1. The summed E-state index contributed by atoms with van der Waals surface area (Å²) in [6, 6.07) is 0. The number of rotatable bonds is 0. The number of hydrogen-bond donors (Lipinski definition) is 2. The number of aliphatic hydroxyl groups is 1.